The lowest BCUT2D eigenvalue weighted by Gasteiger charge is -2.26. The fraction of sp³-hybridized carbons (Fsp3) is 0.923. The zero-order valence-corrected chi connectivity index (χ0v) is 10.4. The topological polar surface area (TPSA) is 17.1 Å². The first-order valence-corrected chi connectivity index (χ1v) is 6.52. The molecule has 0 bridgehead atoms. The molecule has 1 fully saturated rings. The highest BCUT2D eigenvalue weighted by atomic mass is 19.4. The molecule has 0 aromatic heterocycles. The van der Waals surface area contributed by atoms with Crippen LogP contribution < -0.4 is 0 Å². The van der Waals surface area contributed by atoms with Gasteiger partial charge in [0.05, 0.1) is 0 Å². The lowest BCUT2D eigenvalue weighted by atomic mass is 9.78. The Labute approximate surface area is 101 Å². The van der Waals surface area contributed by atoms with Crippen molar-refractivity contribution in [2.75, 3.05) is 0 Å². The van der Waals surface area contributed by atoms with Crippen LogP contribution in [0.15, 0.2) is 0 Å². The maximum absolute atomic E-state index is 11.9. The summed E-state index contributed by atoms with van der Waals surface area (Å²) in [5, 5.41) is 0. The molecular formula is C13H21F3O. The largest absolute Gasteiger partial charge is 0.389 e. The molecule has 1 aliphatic rings. The van der Waals surface area contributed by atoms with Crippen LogP contribution in [-0.4, -0.2) is 12.0 Å². The van der Waals surface area contributed by atoms with Gasteiger partial charge in [-0.05, 0) is 38.0 Å². The van der Waals surface area contributed by atoms with E-state index >= 15 is 0 Å². The summed E-state index contributed by atoms with van der Waals surface area (Å²) in [6.45, 7) is 2.15. The van der Waals surface area contributed by atoms with E-state index in [2.05, 4.69) is 6.92 Å². The third kappa shape index (κ3) is 5.55. The standard InChI is InChI=1S/C13H21F3O/c1-2-10-5-7-11(8-6-10)12(17)4-3-9-13(14,15)16/h10-11H,2-9H2,1H3. The van der Waals surface area contributed by atoms with Gasteiger partial charge in [-0.15, -0.1) is 0 Å². The molecule has 0 aromatic rings. The van der Waals surface area contributed by atoms with Crippen LogP contribution >= 0.6 is 0 Å². The molecule has 0 amide bonds. The van der Waals surface area contributed by atoms with E-state index in [0.717, 1.165) is 32.1 Å². The zero-order valence-electron chi connectivity index (χ0n) is 10.4. The Morgan fingerprint density at radius 2 is 1.76 bits per heavy atom. The zero-order chi connectivity index (χ0) is 12.9. The highest BCUT2D eigenvalue weighted by Crippen LogP contribution is 2.32. The summed E-state index contributed by atoms with van der Waals surface area (Å²) in [6.07, 6.45) is 0.125. The van der Waals surface area contributed by atoms with Gasteiger partial charge in [0.25, 0.3) is 0 Å². The second kappa shape index (κ2) is 6.41. The highest BCUT2D eigenvalue weighted by Gasteiger charge is 2.29. The Morgan fingerprint density at radius 1 is 1.18 bits per heavy atom. The van der Waals surface area contributed by atoms with Gasteiger partial charge in [-0.3, -0.25) is 4.79 Å². The molecule has 0 aromatic carbocycles. The van der Waals surface area contributed by atoms with Gasteiger partial charge in [-0.1, -0.05) is 13.3 Å². The van der Waals surface area contributed by atoms with Crippen molar-refractivity contribution in [2.45, 2.75) is 64.5 Å². The van der Waals surface area contributed by atoms with Gasteiger partial charge >= 0.3 is 6.18 Å². The van der Waals surface area contributed by atoms with Gasteiger partial charge in [0.15, 0.2) is 0 Å². The maximum atomic E-state index is 11.9. The first-order valence-electron chi connectivity index (χ1n) is 6.52. The molecule has 100 valence electrons. The SMILES string of the molecule is CCC1CCC(C(=O)CCCC(F)(F)F)CC1. The van der Waals surface area contributed by atoms with Crippen LogP contribution in [0.5, 0.6) is 0 Å². The van der Waals surface area contributed by atoms with E-state index in [9.17, 15) is 18.0 Å². The van der Waals surface area contributed by atoms with Gasteiger partial charge in [0.2, 0.25) is 0 Å². The van der Waals surface area contributed by atoms with Crippen LogP contribution in [0.3, 0.4) is 0 Å². The smallest absolute Gasteiger partial charge is 0.299 e. The molecule has 0 unspecified atom stereocenters. The number of carbonyl (C=O) groups is 1. The summed E-state index contributed by atoms with van der Waals surface area (Å²) in [5.41, 5.74) is 0. The minimum absolute atomic E-state index is 0.0334. The molecule has 0 saturated heterocycles. The van der Waals surface area contributed by atoms with E-state index in [1.54, 1.807) is 0 Å². The Bertz CT molecular complexity index is 240. The Balaban J connectivity index is 2.21. The van der Waals surface area contributed by atoms with Crippen molar-refractivity contribution >= 4 is 5.78 Å². The Hall–Kier alpha value is -0.540. The number of hydrogen-bond acceptors (Lipinski definition) is 1. The van der Waals surface area contributed by atoms with Crippen LogP contribution in [0.25, 0.3) is 0 Å². The predicted octanol–water partition coefficient (Wildman–Crippen LogP) is 4.50. The molecule has 0 heterocycles. The Kier molecular flexibility index (Phi) is 5.47. The van der Waals surface area contributed by atoms with E-state index in [1.165, 1.54) is 0 Å². The third-order valence-corrected chi connectivity index (χ3v) is 3.76. The van der Waals surface area contributed by atoms with Gasteiger partial charge in [0.1, 0.15) is 5.78 Å². The molecule has 1 saturated carbocycles. The minimum atomic E-state index is -4.12. The average molecular weight is 250 g/mol. The van der Waals surface area contributed by atoms with E-state index in [4.69, 9.17) is 0 Å². The molecule has 1 rings (SSSR count). The summed E-state index contributed by atoms with van der Waals surface area (Å²) in [5.74, 6) is 0.795. The van der Waals surface area contributed by atoms with Crippen molar-refractivity contribution in [3.63, 3.8) is 0 Å². The van der Waals surface area contributed by atoms with E-state index in [1.807, 2.05) is 0 Å². The maximum Gasteiger partial charge on any atom is 0.389 e. The van der Waals surface area contributed by atoms with Gasteiger partial charge in [-0.2, -0.15) is 13.2 Å². The number of alkyl halides is 3. The fourth-order valence-corrected chi connectivity index (χ4v) is 2.56. The lowest BCUT2D eigenvalue weighted by molar-refractivity contribution is -0.137. The predicted molar refractivity (Wildman–Crippen MR) is 60.7 cm³/mol. The summed E-state index contributed by atoms with van der Waals surface area (Å²) >= 11 is 0. The number of carbonyl (C=O) groups excluding carboxylic acids is 1. The molecule has 0 atom stereocenters. The van der Waals surface area contributed by atoms with Crippen LogP contribution in [0.1, 0.15) is 58.3 Å². The van der Waals surface area contributed by atoms with Crippen molar-refractivity contribution in [1.29, 1.82) is 0 Å². The molecule has 17 heavy (non-hydrogen) atoms. The van der Waals surface area contributed by atoms with Gasteiger partial charge in [-0.25, -0.2) is 0 Å². The number of Topliss-reactive ketones (excluding diaryl/α,β-unsaturated/α-hetero) is 1. The van der Waals surface area contributed by atoms with Crippen LogP contribution in [-0.2, 0) is 4.79 Å². The fourth-order valence-electron chi connectivity index (χ4n) is 2.56. The first kappa shape index (κ1) is 14.5. The Morgan fingerprint density at radius 3 is 2.24 bits per heavy atom. The van der Waals surface area contributed by atoms with Crippen molar-refractivity contribution in [2.24, 2.45) is 11.8 Å². The second-order valence-corrected chi connectivity index (χ2v) is 5.06. The quantitative estimate of drug-likeness (QED) is 0.702. The van der Waals surface area contributed by atoms with Gasteiger partial charge < -0.3 is 0 Å². The first-order chi connectivity index (χ1) is 7.92. The number of ketones is 1. The third-order valence-electron chi connectivity index (χ3n) is 3.76. The molecule has 4 heteroatoms. The number of halogens is 3. The van der Waals surface area contributed by atoms with E-state index in [0.29, 0.717) is 5.92 Å². The summed E-state index contributed by atoms with van der Waals surface area (Å²) in [6, 6.07) is 0. The highest BCUT2D eigenvalue weighted by molar-refractivity contribution is 5.81. The van der Waals surface area contributed by atoms with Crippen molar-refractivity contribution in [3.8, 4) is 0 Å². The summed E-state index contributed by atoms with van der Waals surface area (Å²) in [4.78, 5) is 11.7. The average Bonchev–Trinajstić information content (AvgIpc) is 2.27. The van der Waals surface area contributed by atoms with Gasteiger partial charge in [0, 0.05) is 18.8 Å². The lowest BCUT2D eigenvalue weighted by Crippen LogP contribution is -2.22. The molecular weight excluding hydrogens is 229 g/mol. The molecule has 0 spiro atoms. The number of rotatable bonds is 5. The molecule has 1 aliphatic carbocycles. The van der Waals surface area contributed by atoms with E-state index in [-0.39, 0.29) is 24.5 Å². The molecule has 1 nitrogen and oxygen atoms in total. The summed E-state index contributed by atoms with van der Waals surface area (Å²) in [7, 11) is 0. The molecule has 0 radical (unpaired) electrons. The van der Waals surface area contributed by atoms with Crippen molar-refractivity contribution in [3.05, 3.63) is 0 Å². The monoisotopic (exact) mass is 250 g/mol. The molecule has 0 N–H and O–H groups in total. The van der Waals surface area contributed by atoms with Crippen LogP contribution in [0, 0.1) is 11.8 Å². The van der Waals surface area contributed by atoms with Crippen molar-refractivity contribution < 1.29 is 18.0 Å². The van der Waals surface area contributed by atoms with E-state index < -0.39 is 12.6 Å². The summed E-state index contributed by atoms with van der Waals surface area (Å²) < 4.78 is 35.8. The van der Waals surface area contributed by atoms with Crippen LogP contribution in [0.4, 0.5) is 13.2 Å². The van der Waals surface area contributed by atoms with Crippen LogP contribution in [0.2, 0.25) is 0 Å². The normalized spacial score (nSPS) is 25.9. The second-order valence-electron chi connectivity index (χ2n) is 5.06. The van der Waals surface area contributed by atoms with Crippen molar-refractivity contribution in [1.82, 2.24) is 0 Å². The molecule has 0 aliphatic heterocycles. The number of hydrogen-bond donors (Lipinski definition) is 0. The minimum Gasteiger partial charge on any atom is -0.299 e.